The molecule has 4 nitrogen and oxygen atoms in total. The third kappa shape index (κ3) is 4.58. The van der Waals surface area contributed by atoms with E-state index >= 15 is 0 Å². The van der Waals surface area contributed by atoms with Gasteiger partial charge in [-0.15, -0.1) is 0 Å². The number of hydrogen-bond donors (Lipinski definition) is 0. The average molecular weight is 452 g/mol. The van der Waals surface area contributed by atoms with Crippen molar-refractivity contribution in [1.82, 2.24) is 9.80 Å². The fourth-order valence-corrected chi connectivity index (χ4v) is 5.65. The van der Waals surface area contributed by atoms with E-state index in [2.05, 4.69) is 4.90 Å². The average Bonchev–Trinajstić information content (AvgIpc) is 3.41. The highest BCUT2D eigenvalue weighted by atomic mass is 19.1. The molecule has 3 aliphatic rings. The fraction of sp³-hybridized carbons (Fsp3) is 0.481. The van der Waals surface area contributed by atoms with Crippen LogP contribution < -0.4 is 0 Å². The molecule has 1 spiro atoms. The Kier molecular flexibility index (Phi) is 6.28. The van der Waals surface area contributed by atoms with Crippen molar-refractivity contribution in [2.24, 2.45) is 4.99 Å². The van der Waals surface area contributed by atoms with Crippen LogP contribution in [0, 0.1) is 11.6 Å². The van der Waals surface area contributed by atoms with Crippen molar-refractivity contribution in [2.75, 3.05) is 26.2 Å². The van der Waals surface area contributed by atoms with E-state index in [1.807, 2.05) is 17.0 Å². The maximum atomic E-state index is 13.5. The Morgan fingerprint density at radius 1 is 0.879 bits per heavy atom. The highest BCUT2D eigenvalue weighted by Crippen LogP contribution is 2.40. The Morgan fingerprint density at radius 2 is 1.48 bits per heavy atom. The molecule has 2 aliphatic heterocycles. The highest BCUT2D eigenvalue weighted by Gasteiger charge is 2.49. The number of benzene rings is 2. The van der Waals surface area contributed by atoms with E-state index in [1.165, 1.54) is 17.7 Å². The Morgan fingerprint density at radius 3 is 2.12 bits per heavy atom. The second kappa shape index (κ2) is 9.34. The number of aliphatic imine (C=N–C) groups is 1. The number of likely N-dealkylation sites (tertiary alicyclic amines) is 1. The number of halogens is 2. The van der Waals surface area contributed by atoms with Crippen molar-refractivity contribution >= 4 is 11.7 Å². The van der Waals surface area contributed by atoms with Gasteiger partial charge in [0, 0.05) is 12.1 Å². The number of carbonyl (C=O) groups excluding carboxylic acids is 1. The second-order valence-electron chi connectivity index (χ2n) is 9.66. The third-order valence-corrected chi connectivity index (χ3v) is 7.54. The molecule has 2 heterocycles. The van der Waals surface area contributed by atoms with Gasteiger partial charge < -0.3 is 4.90 Å². The molecule has 0 bridgehead atoms. The van der Waals surface area contributed by atoms with Crippen LogP contribution in [0.5, 0.6) is 0 Å². The van der Waals surface area contributed by atoms with Crippen LogP contribution in [-0.4, -0.2) is 53.3 Å². The molecule has 0 radical (unpaired) electrons. The molecule has 1 amide bonds. The molecule has 1 saturated heterocycles. The SMILES string of the molecule is O=C1N(CCCN2CCC(c3ccc(F)cc3)CC2)C(c2ccc(F)cc2)=NC12CCCC2. The Labute approximate surface area is 194 Å². The molecule has 2 aromatic rings. The molecule has 0 atom stereocenters. The van der Waals surface area contributed by atoms with E-state index < -0.39 is 5.54 Å². The summed E-state index contributed by atoms with van der Waals surface area (Å²) in [6, 6.07) is 13.2. The van der Waals surface area contributed by atoms with E-state index in [1.54, 1.807) is 24.3 Å². The summed E-state index contributed by atoms with van der Waals surface area (Å²) in [6.45, 7) is 3.59. The van der Waals surface area contributed by atoms with Crippen molar-refractivity contribution in [2.45, 2.75) is 56.4 Å². The lowest BCUT2D eigenvalue weighted by Gasteiger charge is -2.32. The van der Waals surface area contributed by atoms with Crippen LogP contribution in [0.4, 0.5) is 8.78 Å². The summed E-state index contributed by atoms with van der Waals surface area (Å²) in [4.78, 5) is 22.6. The van der Waals surface area contributed by atoms with Crippen LogP contribution in [0.3, 0.4) is 0 Å². The van der Waals surface area contributed by atoms with Gasteiger partial charge in [0.15, 0.2) is 0 Å². The van der Waals surface area contributed by atoms with Crippen molar-refractivity contribution in [3.63, 3.8) is 0 Å². The molecule has 33 heavy (non-hydrogen) atoms. The molecule has 0 aromatic heterocycles. The quantitative estimate of drug-likeness (QED) is 0.610. The first kappa shape index (κ1) is 22.2. The fourth-order valence-electron chi connectivity index (χ4n) is 5.65. The predicted molar refractivity (Wildman–Crippen MR) is 125 cm³/mol. The molecule has 1 saturated carbocycles. The third-order valence-electron chi connectivity index (χ3n) is 7.54. The van der Waals surface area contributed by atoms with Gasteiger partial charge in [-0.25, -0.2) is 8.78 Å². The van der Waals surface area contributed by atoms with Crippen LogP contribution in [0.2, 0.25) is 0 Å². The summed E-state index contributed by atoms with van der Waals surface area (Å²) in [5.74, 6) is 0.845. The smallest absolute Gasteiger partial charge is 0.256 e. The number of piperidine rings is 1. The normalized spacial score (nSPS) is 21.2. The molecule has 1 aliphatic carbocycles. The summed E-state index contributed by atoms with van der Waals surface area (Å²) in [7, 11) is 0. The molecular weight excluding hydrogens is 420 g/mol. The van der Waals surface area contributed by atoms with Crippen LogP contribution in [0.1, 0.15) is 62.0 Å². The maximum Gasteiger partial charge on any atom is 0.256 e. The van der Waals surface area contributed by atoms with Crippen molar-refractivity contribution < 1.29 is 13.6 Å². The lowest BCUT2D eigenvalue weighted by atomic mass is 9.89. The van der Waals surface area contributed by atoms with E-state index in [-0.39, 0.29) is 17.5 Å². The van der Waals surface area contributed by atoms with Gasteiger partial charge >= 0.3 is 0 Å². The second-order valence-corrected chi connectivity index (χ2v) is 9.66. The van der Waals surface area contributed by atoms with Gasteiger partial charge in [-0.3, -0.25) is 14.7 Å². The molecule has 5 rings (SSSR count). The molecule has 174 valence electrons. The van der Waals surface area contributed by atoms with Crippen molar-refractivity contribution in [3.05, 3.63) is 71.3 Å². The number of amidine groups is 1. The van der Waals surface area contributed by atoms with Gasteiger partial charge in [-0.05, 0) is 99.6 Å². The Balaban J connectivity index is 1.19. The first-order valence-corrected chi connectivity index (χ1v) is 12.2. The molecule has 2 aromatic carbocycles. The number of amides is 1. The van der Waals surface area contributed by atoms with Crippen molar-refractivity contribution in [1.29, 1.82) is 0 Å². The van der Waals surface area contributed by atoms with Crippen LogP contribution >= 0.6 is 0 Å². The zero-order chi connectivity index (χ0) is 22.8. The van der Waals surface area contributed by atoms with Gasteiger partial charge in [0.1, 0.15) is 23.0 Å². The minimum absolute atomic E-state index is 0.120. The van der Waals surface area contributed by atoms with E-state index in [0.717, 1.165) is 70.1 Å². The number of carbonyl (C=O) groups is 1. The summed E-state index contributed by atoms with van der Waals surface area (Å²) < 4.78 is 26.7. The Bertz CT molecular complexity index is 1000. The van der Waals surface area contributed by atoms with Crippen LogP contribution in [0.15, 0.2) is 53.5 Å². The summed E-state index contributed by atoms with van der Waals surface area (Å²) in [5.41, 5.74) is 1.44. The lowest BCUT2D eigenvalue weighted by Crippen LogP contribution is -2.43. The van der Waals surface area contributed by atoms with Gasteiger partial charge in [0.25, 0.3) is 5.91 Å². The zero-order valence-electron chi connectivity index (χ0n) is 19.0. The standard InChI is InChI=1S/C27H31F2N3O/c28-23-8-4-20(5-9-23)21-12-18-31(19-13-21)16-3-17-32-25(22-6-10-24(29)11-7-22)30-27(26(32)33)14-1-2-15-27/h4-11,21H,1-3,12-19H2. The van der Waals surface area contributed by atoms with E-state index in [0.29, 0.717) is 18.3 Å². The van der Waals surface area contributed by atoms with Gasteiger partial charge in [0.2, 0.25) is 0 Å². The lowest BCUT2D eigenvalue weighted by molar-refractivity contribution is -0.131. The number of nitrogens with zero attached hydrogens (tertiary/aromatic N) is 3. The maximum absolute atomic E-state index is 13.5. The minimum Gasteiger partial charge on any atom is -0.303 e. The first-order valence-electron chi connectivity index (χ1n) is 12.2. The summed E-state index contributed by atoms with van der Waals surface area (Å²) in [6.07, 6.45) is 6.70. The van der Waals surface area contributed by atoms with E-state index in [9.17, 15) is 13.6 Å². The topological polar surface area (TPSA) is 35.9 Å². The van der Waals surface area contributed by atoms with Crippen molar-refractivity contribution in [3.8, 4) is 0 Å². The van der Waals surface area contributed by atoms with Crippen LogP contribution in [0.25, 0.3) is 0 Å². The van der Waals surface area contributed by atoms with Crippen LogP contribution in [-0.2, 0) is 4.79 Å². The molecule has 0 N–H and O–H groups in total. The molecule has 2 fully saturated rings. The largest absolute Gasteiger partial charge is 0.303 e. The molecular formula is C27H31F2N3O. The molecule has 6 heteroatoms. The Hall–Kier alpha value is -2.60. The van der Waals surface area contributed by atoms with Gasteiger partial charge in [-0.1, -0.05) is 25.0 Å². The number of rotatable bonds is 6. The van der Waals surface area contributed by atoms with E-state index in [4.69, 9.17) is 4.99 Å². The zero-order valence-corrected chi connectivity index (χ0v) is 19.0. The van der Waals surface area contributed by atoms with Gasteiger partial charge in [0.05, 0.1) is 0 Å². The minimum atomic E-state index is -0.600. The summed E-state index contributed by atoms with van der Waals surface area (Å²) in [5, 5.41) is 0. The first-order chi connectivity index (χ1) is 16.0. The molecule has 0 unspecified atom stereocenters. The predicted octanol–water partition coefficient (Wildman–Crippen LogP) is 5.14. The van der Waals surface area contributed by atoms with Gasteiger partial charge in [-0.2, -0.15) is 0 Å². The highest BCUT2D eigenvalue weighted by molar-refractivity contribution is 6.15. The number of hydrogen-bond acceptors (Lipinski definition) is 3. The monoisotopic (exact) mass is 451 g/mol. The summed E-state index contributed by atoms with van der Waals surface area (Å²) >= 11 is 0.